The van der Waals surface area contributed by atoms with Gasteiger partial charge in [0.25, 0.3) is 5.91 Å². The fraction of sp³-hybridized carbons (Fsp3) is 0.294. The summed E-state index contributed by atoms with van der Waals surface area (Å²) in [5, 5.41) is -0.245. The van der Waals surface area contributed by atoms with E-state index in [-0.39, 0.29) is 42.0 Å². The van der Waals surface area contributed by atoms with Crippen LogP contribution in [0.15, 0.2) is 41.3 Å². The molecule has 1 saturated heterocycles. The van der Waals surface area contributed by atoms with E-state index in [2.05, 4.69) is 4.98 Å². The molecule has 1 aromatic heterocycles. The van der Waals surface area contributed by atoms with Crippen molar-refractivity contribution in [1.82, 2.24) is 14.2 Å². The van der Waals surface area contributed by atoms with E-state index >= 15 is 0 Å². The fourth-order valence-electron chi connectivity index (χ4n) is 2.74. The van der Waals surface area contributed by atoms with Gasteiger partial charge in [0.2, 0.25) is 10.0 Å². The smallest absolute Gasteiger partial charge is 0.272 e. The van der Waals surface area contributed by atoms with Crippen LogP contribution in [0.25, 0.3) is 0 Å². The predicted molar refractivity (Wildman–Crippen MR) is 95.0 cm³/mol. The summed E-state index contributed by atoms with van der Waals surface area (Å²) in [6, 6.07) is 8.51. The highest BCUT2D eigenvalue weighted by Crippen LogP contribution is 2.23. The van der Waals surface area contributed by atoms with Crippen LogP contribution in [-0.2, 0) is 10.0 Å². The summed E-state index contributed by atoms with van der Waals surface area (Å²) in [5.74, 6) is -0.901. The Labute approximate surface area is 156 Å². The molecule has 1 fully saturated rings. The average molecular weight is 398 g/mol. The van der Waals surface area contributed by atoms with Crippen LogP contribution in [-0.4, -0.2) is 54.7 Å². The number of piperazine rings is 1. The van der Waals surface area contributed by atoms with E-state index in [1.807, 2.05) is 0 Å². The van der Waals surface area contributed by atoms with E-state index in [9.17, 15) is 17.6 Å². The lowest BCUT2D eigenvalue weighted by Gasteiger charge is -2.33. The van der Waals surface area contributed by atoms with Crippen LogP contribution in [0.1, 0.15) is 16.2 Å². The van der Waals surface area contributed by atoms with Crippen molar-refractivity contribution in [3.63, 3.8) is 0 Å². The molecule has 1 aromatic carbocycles. The number of hydrogen-bond acceptors (Lipinski definition) is 4. The fourth-order valence-corrected chi connectivity index (χ4v) is 4.44. The lowest BCUT2D eigenvalue weighted by molar-refractivity contribution is 0.0691. The Morgan fingerprint density at radius 1 is 1.15 bits per heavy atom. The molecule has 26 heavy (non-hydrogen) atoms. The van der Waals surface area contributed by atoms with Gasteiger partial charge < -0.3 is 4.90 Å². The van der Waals surface area contributed by atoms with Gasteiger partial charge in [-0.3, -0.25) is 4.79 Å². The Balaban J connectivity index is 1.71. The van der Waals surface area contributed by atoms with Crippen LogP contribution in [0.5, 0.6) is 0 Å². The van der Waals surface area contributed by atoms with Gasteiger partial charge >= 0.3 is 0 Å². The first-order valence-electron chi connectivity index (χ1n) is 7.97. The van der Waals surface area contributed by atoms with Crippen LogP contribution >= 0.6 is 11.6 Å². The van der Waals surface area contributed by atoms with Crippen molar-refractivity contribution in [3.05, 3.63) is 58.6 Å². The monoisotopic (exact) mass is 397 g/mol. The van der Waals surface area contributed by atoms with Gasteiger partial charge in [0, 0.05) is 31.9 Å². The zero-order valence-corrected chi connectivity index (χ0v) is 15.6. The van der Waals surface area contributed by atoms with E-state index in [4.69, 9.17) is 11.6 Å². The molecule has 9 heteroatoms. The number of hydrogen-bond donors (Lipinski definition) is 0. The van der Waals surface area contributed by atoms with Crippen molar-refractivity contribution in [2.75, 3.05) is 26.2 Å². The summed E-state index contributed by atoms with van der Waals surface area (Å²) >= 11 is 5.69. The van der Waals surface area contributed by atoms with E-state index in [0.29, 0.717) is 5.69 Å². The Morgan fingerprint density at radius 3 is 2.46 bits per heavy atom. The third-order valence-corrected chi connectivity index (χ3v) is 6.35. The second-order valence-electron chi connectivity index (χ2n) is 5.94. The van der Waals surface area contributed by atoms with Crippen molar-refractivity contribution in [2.24, 2.45) is 0 Å². The van der Waals surface area contributed by atoms with Crippen LogP contribution in [0.3, 0.4) is 0 Å². The summed E-state index contributed by atoms with van der Waals surface area (Å²) in [7, 11) is -3.79. The van der Waals surface area contributed by atoms with Crippen molar-refractivity contribution in [1.29, 1.82) is 0 Å². The van der Waals surface area contributed by atoms with Crippen molar-refractivity contribution >= 4 is 27.5 Å². The van der Waals surface area contributed by atoms with Gasteiger partial charge in [0.15, 0.2) is 0 Å². The Morgan fingerprint density at radius 2 is 1.85 bits per heavy atom. The summed E-state index contributed by atoms with van der Waals surface area (Å²) in [6.07, 6.45) is 0. The minimum absolute atomic E-state index is 0.0657. The molecular weight excluding hydrogens is 381 g/mol. The molecule has 138 valence electrons. The van der Waals surface area contributed by atoms with Gasteiger partial charge in [0.05, 0.1) is 9.92 Å². The number of carbonyl (C=O) groups is 1. The molecule has 0 spiro atoms. The molecule has 0 atom stereocenters. The first kappa shape index (κ1) is 18.8. The van der Waals surface area contributed by atoms with Gasteiger partial charge in [-0.2, -0.15) is 4.31 Å². The molecule has 1 aliphatic rings. The number of amides is 1. The van der Waals surface area contributed by atoms with Gasteiger partial charge in [-0.05, 0) is 37.3 Å². The number of aromatic nitrogens is 1. The minimum atomic E-state index is -3.79. The quantitative estimate of drug-likeness (QED) is 0.797. The first-order chi connectivity index (χ1) is 12.3. The van der Waals surface area contributed by atoms with Crippen molar-refractivity contribution in [3.8, 4) is 0 Å². The maximum atomic E-state index is 13.3. The highest BCUT2D eigenvalue weighted by Gasteiger charge is 2.31. The molecular formula is C17H17ClFN3O3S. The Kier molecular flexibility index (Phi) is 5.27. The van der Waals surface area contributed by atoms with Crippen molar-refractivity contribution in [2.45, 2.75) is 11.8 Å². The normalized spacial score (nSPS) is 15.9. The molecule has 1 aliphatic heterocycles. The maximum absolute atomic E-state index is 13.3. The number of pyridine rings is 1. The number of carbonyl (C=O) groups excluding carboxylic acids is 1. The zero-order chi connectivity index (χ0) is 18.9. The largest absolute Gasteiger partial charge is 0.335 e. The Hall–Kier alpha value is -2.03. The molecule has 0 N–H and O–H groups in total. The topological polar surface area (TPSA) is 70.6 Å². The molecule has 1 amide bonds. The second-order valence-corrected chi connectivity index (χ2v) is 8.28. The van der Waals surface area contributed by atoms with Crippen LogP contribution < -0.4 is 0 Å². The number of rotatable bonds is 3. The van der Waals surface area contributed by atoms with E-state index in [1.165, 1.54) is 10.4 Å². The third-order valence-electron chi connectivity index (χ3n) is 4.16. The Bertz CT molecular complexity index is 944. The number of nitrogens with zero attached hydrogens (tertiary/aromatic N) is 3. The number of benzene rings is 1. The highest BCUT2D eigenvalue weighted by atomic mass is 35.5. The molecule has 2 heterocycles. The molecule has 0 unspecified atom stereocenters. The third kappa shape index (κ3) is 3.72. The maximum Gasteiger partial charge on any atom is 0.272 e. The standard InChI is InChI=1S/C17H17ClFN3O3S/c1-12-3-2-4-16(20-12)17(23)21-7-9-22(10-8-21)26(24,25)13-5-6-15(19)14(18)11-13/h2-6,11H,7-10H2,1H3. The summed E-state index contributed by atoms with van der Waals surface area (Å²) in [4.78, 5) is 18.2. The van der Waals surface area contributed by atoms with Crippen LogP contribution in [0.4, 0.5) is 4.39 Å². The minimum Gasteiger partial charge on any atom is -0.335 e. The molecule has 2 aromatic rings. The number of sulfonamides is 1. The van der Waals surface area contributed by atoms with Crippen LogP contribution in [0, 0.1) is 12.7 Å². The average Bonchev–Trinajstić information content (AvgIpc) is 2.63. The van der Waals surface area contributed by atoms with Gasteiger partial charge in [-0.15, -0.1) is 0 Å². The number of halogens is 2. The highest BCUT2D eigenvalue weighted by molar-refractivity contribution is 7.89. The molecule has 6 nitrogen and oxygen atoms in total. The second kappa shape index (κ2) is 7.30. The van der Waals surface area contributed by atoms with Gasteiger partial charge in [-0.25, -0.2) is 17.8 Å². The van der Waals surface area contributed by atoms with Crippen LogP contribution in [0.2, 0.25) is 5.02 Å². The van der Waals surface area contributed by atoms with E-state index in [1.54, 1.807) is 30.0 Å². The SMILES string of the molecule is Cc1cccc(C(=O)N2CCN(S(=O)(=O)c3ccc(F)c(Cl)c3)CC2)n1. The number of aryl methyl sites for hydroxylation is 1. The van der Waals surface area contributed by atoms with Gasteiger partial charge in [0.1, 0.15) is 11.5 Å². The van der Waals surface area contributed by atoms with Gasteiger partial charge in [-0.1, -0.05) is 17.7 Å². The van der Waals surface area contributed by atoms with Crippen molar-refractivity contribution < 1.29 is 17.6 Å². The summed E-state index contributed by atoms with van der Waals surface area (Å²) in [5.41, 5.74) is 1.08. The lowest BCUT2D eigenvalue weighted by Crippen LogP contribution is -2.50. The predicted octanol–water partition coefficient (Wildman–Crippen LogP) is 2.33. The van der Waals surface area contributed by atoms with E-state index < -0.39 is 15.8 Å². The molecule has 0 radical (unpaired) electrons. The molecule has 3 rings (SSSR count). The zero-order valence-electron chi connectivity index (χ0n) is 14.0. The lowest BCUT2D eigenvalue weighted by atomic mass is 10.2. The first-order valence-corrected chi connectivity index (χ1v) is 9.79. The van der Waals surface area contributed by atoms with E-state index in [0.717, 1.165) is 17.8 Å². The molecule has 0 bridgehead atoms. The molecule has 0 saturated carbocycles. The molecule has 0 aliphatic carbocycles. The summed E-state index contributed by atoms with van der Waals surface area (Å²) in [6.45, 7) is 2.60. The summed E-state index contributed by atoms with van der Waals surface area (Å²) < 4.78 is 39.9.